The van der Waals surface area contributed by atoms with Gasteiger partial charge in [0.05, 0.1) is 16.2 Å². The van der Waals surface area contributed by atoms with Crippen molar-refractivity contribution in [1.82, 2.24) is 9.78 Å². The molecule has 18 heavy (non-hydrogen) atoms. The molecule has 2 N–H and O–H groups in total. The molecule has 0 fully saturated rings. The van der Waals surface area contributed by atoms with E-state index in [4.69, 9.17) is 5.73 Å². The van der Waals surface area contributed by atoms with Gasteiger partial charge in [0.2, 0.25) is 0 Å². The lowest BCUT2D eigenvalue weighted by Crippen LogP contribution is -2.15. The Morgan fingerprint density at radius 1 is 1.33 bits per heavy atom. The Bertz CT molecular complexity index is 519. The van der Waals surface area contributed by atoms with E-state index in [2.05, 4.69) is 52.2 Å². The largest absolute Gasteiger partial charge is 0.383 e. The first-order chi connectivity index (χ1) is 8.63. The second-order valence-corrected chi connectivity index (χ2v) is 5.27. The van der Waals surface area contributed by atoms with E-state index in [-0.39, 0.29) is 0 Å². The number of benzene rings is 1. The summed E-state index contributed by atoms with van der Waals surface area (Å²) in [6, 6.07) is 10.8. The molecule has 0 saturated heterocycles. The molecule has 96 valence electrons. The zero-order valence-corrected chi connectivity index (χ0v) is 12.3. The molecule has 2 aromatic rings. The van der Waals surface area contributed by atoms with Crippen LogP contribution in [0.2, 0.25) is 0 Å². The number of aryl methyl sites for hydroxylation is 1. The fourth-order valence-electron chi connectivity index (χ4n) is 2.11. The van der Waals surface area contributed by atoms with Gasteiger partial charge in [0.25, 0.3) is 0 Å². The lowest BCUT2D eigenvalue weighted by molar-refractivity contribution is 0.442. The molecular formula is C14H18BrN3. The minimum absolute atomic E-state index is 0.303. The van der Waals surface area contributed by atoms with Crippen molar-refractivity contribution in [2.75, 3.05) is 5.73 Å². The number of hydrogen-bond acceptors (Lipinski definition) is 2. The Kier molecular flexibility index (Phi) is 4.07. The van der Waals surface area contributed by atoms with Gasteiger partial charge in [-0.2, -0.15) is 5.10 Å². The molecule has 1 heterocycles. The van der Waals surface area contributed by atoms with Gasteiger partial charge in [-0.1, -0.05) is 37.3 Å². The van der Waals surface area contributed by atoms with Crippen LogP contribution >= 0.6 is 15.9 Å². The number of hydrogen-bond donors (Lipinski definition) is 1. The predicted molar refractivity (Wildman–Crippen MR) is 78.6 cm³/mol. The predicted octanol–water partition coefficient (Wildman–Crippen LogP) is 3.73. The minimum Gasteiger partial charge on any atom is -0.383 e. The third-order valence-electron chi connectivity index (χ3n) is 3.18. The van der Waals surface area contributed by atoms with Crippen molar-refractivity contribution in [2.45, 2.75) is 32.7 Å². The second kappa shape index (κ2) is 5.57. The molecule has 4 heteroatoms. The van der Waals surface area contributed by atoms with Crippen molar-refractivity contribution in [2.24, 2.45) is 0 Å². The Balaban J connectivity index is 2.26. The SMILES string of the molecule is CCC(Cc1ccccc1)n1nc(C)c(Br)c1N. The lowest BCUT2D eigenvalue weighted by Gasteiger charge is -2.17. The molecule has 1 aromatic carbocycles. The number of nitrogens with two attached hydrogens (primary N) is 1. The fraction of sp³-hybridized carbons (Fsp3) is 0.357. The molecule has 3 nitrogen and oxygen atoms in total. The molecule has 0 aliphatic heterocycles. The molecule has 1 aromatic heterocycles. The Labute approximate surface area is 116 Å². The van der Waals surface area contributed by atoms with Crippen molar-refractivity contribution in [3.05, 3.63) is 46.1 Å². The number of anilines is 1. The molecule has 0 amide bonds. The number of nitrogens with zero attached hydrogens (tertiary/aromatic N) is 2. The van der Waals surface area contributed by atoms with Crippen LogP contribution in [0.4, 0.5) is 5.82 Å². The Morgan fingerprint density at radius 3 is 2.50 bits per heavy atom. The van der Waals surface area contributed by atoms with Crippen LogP contribution in [-0.4, -0.2) is 9.78 Å². The first-order valence-corrected chi connectivity index (χ1v) is 6.96. The standard InChI is InChI=1S/C14H18BrN3/c1-3-12(9-11-7-5-4-6-8-11)18-14(16)13(15)10(2)17-18/h4-8,12H,3,9,16H2,1-2H3. The highest BCUT2D eigenvalue weighted by Gasteiger charge is 2.17. The molecule has 1 unspecified atom stereocenters. The van der Waals surface area contributed by atoms with Crippen molar-refractivity contribution < 1.29 is 0 Å². The van der Waals surface area contributed by atoms with E-state index in [1.54, 1.807) is 0 Å². The van der Waals surface area contributed by atoms with Gasteiger partial charge in [-0.05, 0) is 41.3 Å². The average molecular weight is 308 g/mol. The van der Waals surface area contributed by atoms with E-state index in [1.165, 1.54) is 5.56 Å². The van der Waals surface area contributed by atoms with E-state index >= 15 is 0 Å². The second-order valence-electron chi connectivity index (χ2n) is 4.48. The molecule has 0 aliphatic carbocycles. The van der Waals surface area contributed by atoms with Crippen LogP contribution in [0.3, 0.4) is 0 Å². The van der Waals surface area contributed by atoms with E-state index < -0.39 is 0 Å². The third-order valence-corrected chi connectivity index (χ3v) is 4.16. The Hall–Kier alpha value is -1.29. The minimum atomic E-state index is 0.303. The summed E-state index contributed by atoms with van der Waals surface area (Å²) in [5.41, 5.74) is 8.34. The van der Waals surface area contributed by atoms with Gasteiger partial charge in [-0.25, -0.2) is 4.68 Å². The average Bonchev–Trinajstić information content (AvgIpc) is 2.65. The van der Waals surface area contributed by atoms with Gasteiger partial charge < -0.3 is 5.73 Å². The van der Waals surface area contributed by atoms with Crippen LogP contribution in [0.25, 0.3) is 0 Å². The normalized spacial score (nSPS) is 12.6. The van der Waals surface area contributed by atoms with Gasteiger partial charge >= 0.3 is 0 Å². The summed E-state index contributed by atoms with van der Waals surface area (Å²) in [4.78, 5) is 0. The van der Waals surface area contributed by atoms with Crippen LogP contribution in [-0.2, 0) is 6.42 Å². The number of aromatic nitrogens is 2. The number of nitrogen functional groups attached to an aromatic ring is 1. The zero-order chi connectivity index (χ0) is 13.1. The molecular weight excluding hydrogens is 290 g/mol. The summed E-state index contributed by atoms with van der Waals surface area (Å²) in [6.45, 7) is 4.13. The molecule has 1 atom stereocenters. The first-order valence-electron chi connectivity index (χ1n) is 6.17. The smallest absolute Gasteiger partial charge is 0.136 e. The highest BCUT2D eigenvalue weighted by molar-refractivity contribution is 9.10. The molecule has 2 rings (SSSR count). The lowest BCUT2D eigenvalue weighted by atomic mass is 10.0. The topological polar surface area (TPSA) is 43.8 Å². The Morgan fingerprint density at radius 2 is 2.00 bits per heavy atom. The zero-order valence-electron chi connectivity index (χ0n) is 10.7. The van der Waals surface area contributed by atoms with Crippen molar-refractivity contribution in [3.63, 3.8) is 0 Å². The van der Waals surface area contributed by atoms with Crippen LogP contribution in [0.5, 0.6) is 0 Å². The summed E-state index contributed by atoms with van der Waals surface area (Å²) < 4.78 is 2.85. The van der Waals surface area contributed by atoms with Crippen molar-refractivity contribution in [1.29, 1.82) is 0 Å². The highest BCUT2D eigenvalue weighted by Crippen LogP contribution is 2.28. The van der Waals surface area contributed by atoms with Gasteiger partial charge in [-0.15, -0.1) is 0 Å². The summed E-state index contributed by atoms with van der Waals surface area (Å²) in [6.07, 6.45) is 1.96. The van der Waals surface area contributed by atoms with E-state index in [1.807, 2.05) is 17.7 Å². The van der Waals surface area contributed by atoms with Crippen LogP contribution in [0, 0.1) is 6.92 Å². The third kappa shape index (κ3) is 2.58. The maximum atomic E-state index is 6.09. The maximum absolute atomic E-state index is 6.09. The summed E-state index contributed by atoms with van der Waals surface area (Å²) >= 11 is 3.47. The van der Waals surface area contributed by atoms with Crippen molar-refractivity contribution >= 4 is 21.7 Å². The summed E-state index contributed by atoms with van der Waals surface area (Å²) in [5.74, 6) is 0.718. The van der Waals surface area contributed by atoms with Crippen LogP contribution < -0.4 is 5.73 Å². The molecule has 0 saturated carbocycles. The van der Waals surface area contributed by atoms with E-state index in [0.29, 0.717) is 6.04 Å². The van der Waals surface area contributed by atoms with E-state index in [0.717, 1.165) is 28.8 Å². The summed E-state index contributed by atoms with van der Waals surface area (Å²) in [7, 11) is 0. The number of halogens is 1. The van der Waals surface area contributed by atoms with Gasteiger partial charge in [0, 0.05) is 0 Å². The van der Waals surface area contributed by atoms with Gasteiger partial charge in [0.15, 0.2) is 0 Å². The van der Waals surface area contributed by atoms with Gasteiger partial charge in [-0.3, -0.25) is 0 Å². The number of rotatable bonds is 4. The van der Waals surface area contributed by atoms with E-state index in [9.17, 15) is 0 Å². The molecule has 0 aliphatic rings. The first kappa shape index (κ1) is 13.1. The fourth-order valence-corrected chi connectivity index (χ4v) is 2.37. The quantitative estimate of drug-likeness (QED) is 0.935. The maximum Gasteiger partial charge on any atom is 0.136 e. The monoisotopic (exact) mass is 307 g/mol. The summed E-state index contributed by atoms with van der Waals surface area (Å²) in [5, 5.41) is 4.52. The molecule has 0 spiro atoms. The van der Waals surface area contributed by atoms with Crippen LogP contribution in [0.1, 0.15) is 30.6 Å². The van der Waals surface area contributed by atoms with Crippen molar-refractivity contribution in [3.8, 4) is 0 Å². The molecule has 0 radical (unpaired) electrons. The highest BCUT2D eigenvalue weighted by atomic mass is 79.9. The van der Waals surface area contributed by atoms with Crippen LogP contribution in [0.15, 0.2) is 34.8 Å². The van der Waals surface area contributed by atoms with Gasteiger partial charge in [0.1, 0.15) is 5.82 Å². The molecule has 0 bridgehead atoms.